The molecule has 3 rings (SSSR count). The normalized spacial score (nSPS) is 10.3. The van der Waals surface area contributed by atoms with Gasteiger partial charge in [0.1, 0.15) is 9.88 Å². The molecule has 0 radical (unpaired) electrons. The Bertz CT molecular complexity index is 908. The molecule has 0 spiro atoms. The highest BCUT2D eigenvalue weighted by molar-refractivity contribution is 14.1. The van der Waals surface area contributed by atoms with E-state index in [9.17, 15) is 9.59 Å². The van der Waals surface area contributed by atoms with E-state index < -0.39 is 0 Å². The van der Waals surface area contributed by atoms with Gasteiger partial charge >= 0.3 is 0 Å². The van der Waals surface area contributed by atoms with Gasteiger partial charge in [0.2, 0.25) is 0 Å². The summed E-state index contributed by atoms with van der Waals surface area (Å²) >= 11 is 3.46. The molecule has 3 aromatic rings. The minimum Gasteiger partial charge on any atom is -0.267 e. The molecular weight excluding hydrogens is 449 g/mol. The first kappa shape index (κ1) is 17.6. The molecule has 0 aliphatic heterocycles. The summed E-state index contributed by atoms with van der Waals surface area (Å²) in [7, 11) is 0. The molecule has 25 heavy (non-hydrogen) atoms. The summed E-state index contributed by atoms with van der Waals surface area (Å²) in [6.45, 7) is 1.78. The fourth-order valence-corrected chi connectivity index (χ4v) is 3.48. The molecule has 0 saturated heterocycles. The van der Waals surface area contributed by atoms with Gasteiger partial charge in [-0.2, -0.15) is 0 Å². The third-order valence-corrected chi connectivity index (χ3v) is 5.34. The van der Waals surface area contributed by atoms with Crippen molar-refractivity contribution in [2.24, 2.45) is 0 Å². The fourth-order valence-electron chi connectivity index (χ4n) is 2.16. The average Bonchev–Trinajstić information content (AvgIpc) is 3.02. The lowest BCUT2D eigenvalue weighted by Crippen LogP contribution is -2.41. The molecule has 0 atom stereocenters. The van der Waals surface area contributed by atoms with Crippen LogP contribution < -0.4 is 10.9 Å². The lowest BCUT2D eigenvalue weighted by Gasteiger charge is -2.06. The number of rotatable bonds is 3. The quantitative estimate of drug-likeness (QED) is 0.459. The zero-order chi connectivity index (χ0) is 17.8. The zero-order valence-electron chi connectivity index (χ0n) is 13.2. The summed E-state index contributed by atoms with van der Waals surface area (Å²) in [5.74, 6) is -0.744. The van der Waals surface area contributed by atoms with Gasteiger partial charge in [-0.15, -0.1) is 11.3 Å². The number of carbonyl (C=O) groups excluding carboxylic acids is 2. The highest BCUT2D eigenvalue weighted by atomic mass is 127. The molecule has 126 valence electrons. The van der Waals surface area contributed by atoms with Gasteiger partial charge in [-0.05, 0) is 53.8 Å². The monoisotopic (exact) mass is 463 g/mol. The van der Waals surface area contributed by atoms with Crippen LogP contribution in [0.15, 0.2) is 54.6 Å². The number of hydrazine groups is 1. The summed E-state index contributed by atoms with van der Waals surface area (Å²) < 4.78 is 1.03. The van der Waals surface area contributed by atoms with Crippen molar-refractivity contribution in [1.82, 2.24) is 15.8 Å². The Balaban J connectivity index is 1.68. The van der Waals surface area contributed by atoms with Crippen LogP contribution in [0.25, 0.3) is 10.6 Å². The number of hydrogen-bond acceptors (Lipinski definition) is 4. The molecule has 0 aliphatic carbocycles. The van der Waals surface area contributed by atoms with Crippen molar-refractivity contribution < 1.29 is 9.59 Å². The lowest BCUT2D eigenvalue weighted by molar-refractivity contribution is 0.0848. The molecule has 5 nitrogen and oxygen atoms in total. The second-order valence-electron chi connectivity index (χ2n) is 5.21. The molecule has 1 aromatic heterocycles. The second-order valence-corrected chi connectivity index (χ2v) is 7.46. The maximum atomic E-state index is 12.3. The van der Waals surface area contributed by atoms with Crippen molar-refractivity contribution in [3.05, 3.63) is 74.3 Å². The third-order valence-electron chi connectivity index (χ3n) is 3.42. The van der Waals surface area contributed by atoms with E-state index in [1.54, 1.807) is 19.1 Å². The number of hydrogen-bond donors (Lipinski definition) is 2. The molecule has 2 N–H and O–H groups in total. The van der Waals surface area contributed by atoms with E-state index in [2.05, 4.69) is 38.4 Å². The maximum Gasteiger partial charge on any atom is 0.281 e. The third kappa shape index (κ3) is 4.23. The molecule has 2 amide bonds. The van der Waals surface area contributed by atoms with Crippen LogP contribution in [0.5, 0.6) is 0 Å². The predicted molar refractivity (Wildman–Crippen MR) is 106 cm³/mol. The minimum atomic E-state index is -0.379. The number of carbonyl (C=O) groups is 2. The Morgan fingerprint density at radius 1 is 0.960 bits per heavy atom. The van der Waals surface area contributed by atoms with Crippen molar-refractivity contribution in [1.29, 1.82) is 0 Å². The van der Waals surface area contributed by atoms with Crippen molar-refractivity contribution >= 4 is 45.7 Å². The van der Waals surface area contributed by atoms with Gasteiger partial charge in [-0.3, -0.25) is 20.4 Å². The molecule has 2 aromatic carbocycles. The van der Waals surface area contributed by atoms with Crippen LogP contribution in [0.4, 0.5) is 0 Å². The highest BCUT2D eigenvalue weighted by Gasteiger charge is 2.17. The first-order valence-electron chi connectivity index (χ1n) is 7.43. The minimum absolute atomic E-state index is 0.366. The smallest absolute Gasteiger partial charge is 0.267 e. The number of halogens is 1. The van der Waals surface area contributed by atoms with Crippen molar-refractivity contribution in [2.75, 3.05) is 0 Å². The Morgan fingerprint density at radius 2 is 1.60 bits per heavy atom. The Kier molecular flexibility index (Phi) is 5.44. The van der Waals surface area contributed by atoms with Crippen LogP contribution in [0.2, 0.25) is 0 Å². The van der Waals surface area contributed by atoms with Gasteiger partial charge in [0.25, 0.3) is 11.8 Å². The largest absolute Gasteiger partial charge is 0.281 e. The number of aromatic nitrogens is 1. The first-order chi connectivity index (χ1) is 12.0. The van der Waals surface area contributed by atoms with E-state index in [0.29, 0.717) is 16.1 Å². The number of nitrogens with zero attached hydrogens (tertiary/aromatic N) is 1. The second kappa shape index (κ2) is 7.75. The number of aryl methyl sites for hydroxylation is 1. The summed E-state index contributed by atoms with van der Waals surface area (Å²) in [6, 6.07) is 16.7. The summed E-state index contributed by atoms with van der Waals surface area (Å²) in [4.78, 5) is 29.3. The van der Waals surface area contributed by atoms with Crippen molar-refractivity contribution in [3.63, 3.8) is 0 Å². The summed E-state index contributed by atoms with van der Waals surface area (Å²) in [5.41, 5.74) is 6.94. The molecule has 0 aliphatic rings. The van der Waals surface area contributed by atoms with Crippen LogP contribution in [-0.4, -0.2) is 16.8 Å². The van der Waals surface area contributed by atoms with Crippen LogP contribution in [0.1, 0.15) is 25.7 Å². The topological polar surface area (TPSA) is 71.1 Å². The van der Waals surface area contributed by atoms with E-state index in [4.69, 9.17) is 0 Å². The molecule has 1 heterocycles. The zero-order valence-corrected chi connectivity index (χ0v) is 16.2. The van der Waals surface area contributed by atoms with Crippen molar-refractivity contribution in [3.8, 4) is 10.6 Å². The SMILES string of the molecule is Cc1nc(-c2ccccc2)sc1C(=O)NNC(=O)c1ccc(I)cc1. The van der Waals surface area contributed by atoms with Gasteiger partial charge in [0.15, 0.2) is 0 Å². The highest BCUT2D eigenvalue weighted by Crippen LogP contribution is 2.27. The number of nitrogens with one attached hydrogen (secondary N) is 2. The average molecular weight is 463 g/mol. The summed E-state index contributed by atoms with van der Waals surface area (Å²) in [5, 5.41) is 0.771. The first-order valence-corrected chi connectivity index (χ1v) is 9.33. The van der Waals surface area contributed by atoms with E-state index in [0.717, 1.165) is 14.1 Å². The van der Waals surface area contributed by atoms with Gasteiger partial charge in [0.05, 0.1) is 5.69 Å². The van der Waals surface area contributed by atoms with E-state index in [-0.39, 0.29) is 11.8 Å². The lowest BCUT2D eigenvalue weighted by atomic mass is 10.2. The fraction of sp³-hybridized carbons (Fsp3) is 0.0556. The van der Waals surface area contributed by atoms with Gasteiger partial charge < -0.3 is 0 Å². The standard InChI is InChI=1S/C18H14IN3O2S/c1-11-15(25-18(20-11)13-5-3-2-4-6-13)17(24)22-21-16(23)12-7-9-14(19)10-8-12/h2-10H,1H3,(H,21,23)(H,22,24). The van der Waals surface area contributed by atoms with Gasteiger partial charge in [-0.25, -0.2) is 4.98 Å². The Labute approximate surface area is 162 Å². The van der Waals surface area contributed by atoms with Crippen LogP contribution >= 0.6 is 33.9 Å². The Morgan fingerprint density at radius 3 is 2.28 bits per heavy atom. The molecule has 0 unspecified atom stereocenters. The van der Waals surface area contributed by atoms with Crippen molar-refractivity contribution in [2.45, 2.75) is 6.92 Å². The molecule has 0 fully saturated rings. The van der Waals surface area contributed by atoms with Crippen LogP contribution in [-0.2, 0) is 0 Å². The van der Waals surface area contributed by atoms with Gasteiger partial charge in [0, 0.05) is 14.7 Å². The molecule has 0 saturated carbocycles. The van der Waals surface area contributed by atoms with Crippen LogP contribution in [0.3, 0.4) is 0 Å². The number of benzene rings is 2. The Hall–Kier alpha value is -2.26. The molecule has 7 heteroatoms. The van der Waals surface area contributed by atoms with E-state index in [1.807, 2.05) is 42.5 Å². The summed E-state index contributed by atoms with van der Waals surface area (Å²) in [6.07, 6.45) is 0. The molecular formula is C18H14IN3O2S. The van der Waals surface area contributed by atoms with E-state index in [1.165, 1.54) is 11.3 Å². The van der Waals surface area contributed by atoms with E-state index >= 15 is 0 Å². The number of amides is 2. The maximum absolute atomic E-state index is 12.3. The van der Waals surface area contributed by atoms with Crippen LogP contribution in [0, 0.1) is 10.5 Å². The predicted octanol–water partition coefficient (Wildman–Crippen LogP) is 3.80. The van der Waals surface area contributed by atoms with Gasteiger partial charge in [-0.1, -0.05) is 30.3 Å². The number of thiazole rings is 1. The molecule has 0 bridgehead atoms.